The van der Waals surface area contributed by atoms with E-state index >= 15 is 0 Å². The van der Waals surface area contributed by atoms with Gasteiger partial charge in [-0.15, -0.1) is 11.3 Å². The summed E-state index contributed by atoms with van der Waals surface area (Å²) in [5, 5.41) is 13.4. The lowest BCUT2D eigenvalue weighted by Gasteiger charge is -2.41. The Labute approximate surface area is 124 Å². The maximum atomic E-state index is 11.8. The van der Waals surface area contributed by atoms with Gasteiger partial charge in [-0.3, -0.25) is 4.79 Å². The fourth-order valence-corrected chi connectivity index (χ4v) is 3.72. The molecule has 0 bridgehead atoms. The Morgan fingerprint density at radius 1 is 1.50 bits per heavy atom. The smallest absolute Gasteiger partial charge is 0.174 e. The molecule has 0 spiro atoms. The topological polar surface area (TPSA) is 78.9 Å². The van der Waals surface area contributed by atoms with Gasteiger partial charge in [0.2, 0.25) is 0 Å². The van der Waals surface area contributed by atoms with Crippen LogP contribution < -0.4 is 11.1 Å². The Morgan fingerprint density at radius 2 is 2.20 bits per heavy atom. The Hall–Kier alpha value is -1.54. The fraction of sp³-hybridized carbons (Fsp3) is 0.600. The normalized spacial score (nSPS) is 16.2. The van der Waals surface area contributed by atoms with Crippen LogP contribution in [0, 0.1) is 16.7 Å². The summed E-state index contributed by atoms with van der Waals surface area (Å²) in [6.45, 7) is 4.87. The van der Waals surface area contributed by atoms with Crippen LogP contribution >= 0.6 is 11.3 Å². The minimum absolute atomic E-state index is 0.00546. The first-order valence-corrected chi connectivity index (χ1v) is 7.98. The molecular weight excluding hydrogens is 270 g/mol. The van der Waals surface area contributed by atoms with E-state index in [1.165, 1.54) is 30.6 Å². The molecule has 1 saturated carbocycles. The third kappa shape index (κ3) is 2.53. The molecule has 1 aliphatic rings. The zero-order valence-electron chi connectivity index (χ0n) is 12.1. The summed E-state index contributed by atoms with van der Waals surface area (Å²) >= 11 is 1.32. The van der Waals surface area contributed by atoms with Crippen molar-refractivity contribution in [3.63, 3.8) is 0 Å². The highest BCUT2D eigenvalue weighted by molar-refractivity contribution is 7.19. The number of thiophene rings is 1. The Kier molecular flexibility index (Phi) is 4.34. The zero-order chi connectivity index (χ0) is 14.8. The van der Waals surface area contributed by atoms with Gasteiger partial charge in [0, 0.05) is 13.0 Å². The van der Waals surface area contributed by atoms with Crippen molar-refractivity contribution in [1.82, 2.24) is 0 Å². The number of nitrogens with one attached hydrogen (secondary N) is 1. The summed E-state index contributed by atoms with van der Waals surface area (Å²) in [6.07, 6.45) is 5.31. The summed E-state index contributed by atoms with van der Waals surface area (Å²) < 4.78 is 0. The molecule has 0 radical (unpaired) electrons. The third-order valence-electron chi connectivity index (χ3n) is 4.42. The van der Waals surface area contributed by atoms with Gasteiger partial charge >= 0.3 is 0 Å². The predicted molar refractivity (Wildman–Crippen MR) is 83.1 cm³/mol. The number of ketones is 1. The van der Waals surface area contributed by atoms with Crippen molar-refractivity contribution in [2.45, 2.75) is 46.0 Å². The maximum absolute atomic E-state index is 11.8. The van der Waals surface area contributed by atoms with Gasteiger partial charge in [-0.05, 0) is 24.7 Å². The summed E-state index contributed by atoms with van der Waals surface area (Å²) in [6, 6.07) is 2.12. The first-order valence-electron chi connectivity index (χ1n) is 7.16. The number of rotatable bonds is 6. The molecule has 0 aromatic carbocycles. The standard InChI is InChI=1S/C15H21N3OS/c1-3-11(19)13-12(17)10(8-16)14(20-13)18-9-15(4-2)6-5-7-15/h18H,3-7,9,17H2,1-2H3. The van der Waals surface area contributed by atoms with E-state index in [0.717, 1.165) is 18.0 Å². The van der Waals surface area contributed by atoms with E-state index in [0.29, 0.717) is 28.0 Å². The monoisotopic (exact) mass is 291 g/mol. The fourth-order valence-electron chi connectivity index (χ4n) is 2.65. The van der Waals surface area contributed by atoms with Crippen LogP contribution in [0.15, 0.2) is 0 Å². The molecule has 20 heavy (non-hydrogen) atoms. The molecule has 0 amide bonds. The highest BCUT2D eigenvalue weighted by atomic mass is 32.1. The van der Waals surface area contributed by atoms with E-state index in [-0.39, 0.29) is 5.78 Å². The van der Waals surface area contributed by atoms with Crippen molar-refractivity contribution in [3.8, 4) is 6.07 Å². The molecule has 0 saturated heterocycles. The molecular formula is C15H21N3OS. The summed E-state index contributed by atoms with van der Waals surface area (Å²) in [7, 11) is 0. The number of nitrogens with two attached hydrogens (primary N) is 1. The second-order valence-electron chi connectivity index (χ2n) is 5.50. The molecule has 0 aliphatic heterocycles. The Balaban J connectivity index is 2.19. The van der Waals surface area contributed by atoms with E-state index in [4.69, 9.17) is 5.73 Å². The van der Waals surface area contributed by atoms with Gasteiger partial charge in [0.1, 0.15) is 16.6 Å². The Bertz CT molecular complexity index is 547. The van der Waals surface area contributed by atoms with E-state index in [9.17, 15) is 10.1 Å². The van der Waals surface area contributed by atoms with E-state index in [1.54, 1.807) is 6.92 Å². The molecule has 3 N–H and O–H groups in total. The third-order valence-corrected chi connectivity index (χ3v) is 5.62. The van der Waals surface area contributed by atoms with Gasteiger partial charge in [-0.2, -0.15) is 5.26 Å². The summed E-state index contributed by atoms with van der Waals surface area (Å²) in [5.74, 6) is 0.00546. The van der Waals surface area contributed by atoms with Crippen molar-refractivity contribution in [3.05, 3.63) is 10.4 Å². The van der Waals surface area contributed by atoms with Gasteiger partial charge in [0.15, 0.2) is 5.78 Å². The minimum atomic E-state index is 0.00546. The van der Waals surface area contributed by atoms with Gasteiger partial charge in [0.05, 0.1) is 10.6 Å². The molecule has 0 atom stereocenters. The number of anilines is 2. The highest BCUT2D eigenvalue weighted by Gasteiger charge is 2.35. The minimum Gasteiger partial charge on any atom is -0.396 e. The van der Waals surface area contributed by atoms with Crippen LogP contribution in [-0.4, -0.2) is 12.3 Å². The van der Waals surface area contributed by atoms with Crippen molar-refractivity contribution in [2.24, 2.45) is 5.41 Å². The largest absolute Gasteiger partial charge is 0.396 e. The number of nitriles is 1. The predicted octanol–water partition coefficient (Wildman–Crippen LogP) is 3.79. The van der Waals surface area contributed by atoms with Crippen LogP contribution in [0.5, 0.6) is 0 Å². The number of hydrogen-bond acceptors (Lipinski definition) is 5. The molecule has 1 aromatic heterocycles. The molecule has 108 valence electrons. The number of nitrogens with zero attached hydrogens (tertiary/aromatic N) is 1. The molecule has 5 heteroatoms. The van der Waals surface area contributed by atoms with Crippen molar-refractivity contribution in [2.75, 3.05) is 17.6 Å². The maximum Gasteiger partial charge on any atom is 0.174 e. The molecule has 1 aromatic rings. The molecule has 0 unspecified atom stereocenters. The van der Waals surface area contributed by atoms with E-state index in [2.05, 4.69) is 18.3 Å². The molecule has 1 fully saturated rings. The zero-order valence-corrected chi connectivity index (χ0v) is 12.9. The van der Waals surface area contributed by atoms with Crippen LogP contribution in [0.3, 0.4) is 0 Å². The number of nitrogen functional groups attached to an aromatic ring is 1. The lowest BCUT2D eigenvalue weighted by Crippen LogP contribution is -2.35. The second-order valence-corrected chi connectivity index (χ2v) is 6.52. The first kappa shape index (κ1) is 14.9. The number of carbonyl (C=O) groups is 1. The van der Waals surface area contributed by atoms with Crippen LogP contribution in [-0.2, 0) is 0 Å². The highest BCUT2D eigenvalue weighted by Crippen LogP contribution is 2.45. The summed E-state index contributed by atoms with van der Waals surface area (Å²) in [5.41, 5.74) is 7.07. The van der Waals surface area contributed by atoms with Crippen LogP contribution in [0.1, 0.15) is 61.2 Å². The number of hydrogen-bond donors (Lipinski definition) is 2. The van der Waals surface area contributed by atoms with Crippen molar-refractivity contribution >= 4 is 27.8 Å². The molecule has 4 nitrogen and oxygen atoms in total. The average molecular weight is 291 g/mol. The number of Topliss-reactive ketones (excluding diaryl/α,β-unsaturated/α-hetero) is 1. The second kappa shape index (κ2) is 5.84. The lowest BCUT2D eigenvalue weighted by molar-refractivity contribution is 0.0993. The van der Waals surface area contributed by atoms with Crippen LogP contribution in [0.25, 0.3) is 0 Å². The quantitative estimate of drug-likeness (QED) is 0.782. The first-order chi connectivity index (χ1) is 9.56. The van der Waals surface area contributed by atoms with Gasteiger partial charge in [-0.1, -0.05) is 20.3 Å². The van der Waals surface area contributed by atoms with Gasteiger partial charge < -0.3 is 11.1 Å². The summed E-state index contributed by atoms with van der Waals surface area (Å²) in [4.78, 5) is 12.4. The van der Waals surface area contributed by atoms with Gasteiger partial charge in [0.25, 0.3) is 0 Å². The number of carbonyl (C=O) groups excluding carboxylic acids is 1. The van der Waals surface area contributed by atoms with Crippen molar-refractivity contribution in [1.29, 1.82) is 5.26 Å². The Morgan fingerprint density at radius 3 is 2.65 bits per heavy atom. The molecule has 2 rings (SSSR count). The van der Waals surface area contributed by atoms with E-state index in [1.807, 2.05) is 0 Å². The lowest BCUT2D eigenvalue weighted by atomic mass is 9.67. The van der Waals surface area contributed by atoms with E-state index < -0.39 is 0 Å². The van der Waals surface area contributed by atoms with Crippen LogP contribution in [0.2, 0.25) is 0 Å². The average Bonchev–Trinajstić information content (AvgIpc) is 2.73. The molecule has 1 heterocycles. The molecule has 1 aliphatic carbocycles. The van der Waals surface area contributed by atoms with Crippen molar-refractivity contribution < 1.29 is 4.79 Å². The van der Waals surface area contributed by atoms with Gasteiger partial charge in [-0.25, -0.2) is 0 Å². The van der Waals surface area contributed by atoms with Crippen LogP contribution in [0.4, 0.5) is 10.7 Å². The SMILES string of the molecule is CCC(=O)c1sc(NCC2(CC)CCC2)c(C#N)c1N.